The van der Waals surface area contributed by atoms with E-state index in [0.29, 0.717) is 24.7 Å². The Morgan fingerprint density at radius 3 is 2.47 bits per heavy atom. The molecule has 2 heterocycles. The van der Waals surface area contributed by atoms with Gasteiger partial charge in [-0.2, -0.15) is 4.31 Å². The molecule has 32 heavy (non-hydrogen) atoms. The number of rotatable bonds is 6. The number of thioether (sulfide) groups is 1. The summed E-state index contributed by atoms with van der Waals surface area (Å²) in [7, 11) is -2.11. The minimum atomic E-state index is -3.81. The van der Waals surface area contributed by atoms with Crippen LogP contribution in [-0.2, 0) is 21.9 Å². The summed E-state index contributed by atoms with van der Waals surface area (Å²) in [5.74, 6) is -0.0636. The van der Waals surface area contributed by atoms with E-state index in [-0.39, 0.29) is 16.6 Å². The van der Waals surface area contributed by atoms with Crippen LogP contribution in [-0.4, -0.2) is 62.6 Å². The summed E-state index contributed by atoms with van der Waals surface area (Å²) >= 11 is 1.23. The first kappa shape index (κ1) is 22.4. The lowest BCUT2D eigenvalue weighted by atomic mass is 10.1. The molecule has 0 bridgehead atoms. The fourth-order valence-electron chi connectivity index (χ4n) is 3.68. The Bertz CT molecular complexity index is 1180. The highest BCUT2D eigenvalue weighted by atomic mass is 32.2. The predicted octanol–water partition coefficient (Wildman–Crippen LogP) is 2.23. The van der Waals surface area contributed by atoms with Crippen LogP contribution in [0.15, 0.2) is 64.6 Å². The van der Waals surface area contributed by atoms with Gasteiger partial charge in [0.2, 0.25) is 21.1 Å². The van der Waals surface area contributed by atoms with Gasteiger partial charge in [0.05, 0.1) is 10.6 Å². The Labute approximate surface area is 191 Å². The molecule has 1 fully saturated rings. The molecule has 1 atom stereocenters. The summed E-state index contributed by atoms with van der Waals surface area (Å²) in [6, 6.07) is 16.1. The van der Waals surface area contributed by atoms with Gasteiger partial charge in [-0.15, -0.1) is 5.10 Å². The van der Waals surface area contributed by atoms with Gasteiger partial charge in [0, 0.05) is 20.1 Å². The van der Waals surface area contributed by atoms with Crippen LogP contribution in [0.1, 0.15) is 23.7 Å². The minimum Gasteiger partial charge on any atom is -0.321 e. The number of sulfonamides is 1. The monoisotopic (exact) mass is 472 g/mol. The number of carbonyl (C=O) groups is 1. The molecule has 11 heteroatoms. The summed E-state index contributed by atoms with van der Waals surface area (Å²) in [4.78, 5) is 15.1. The van der Waals surface area contributed by atoms with Crippen LogP contribution in [0.3, 0.4) is 0 Å². The van der Waals surface area contributed by atoms with Gasteiger partial charge in [0.15, 0.2) is 0 Å². The van der Waals surface area contributed by atoms with Crippen LogP contribution < -0.4 is 0 Å². The van der Waals surface area contributed by atoms with E-state index >= 15 is 0 Å². The average Bonchev–Trinajstić information content (AvgIpc) is 3.22. The second kappa shape index (κ2) is 9.39. The molecular formula is C21H24N6O3S2. The third-order valence-electron chi connectivity index (χ3n) is 5.30. The van der Waals surface area contributed by atoms with E-state index in [1.54, 1.807) is 36.2 Å². The number of nitrogens with zero attached hydrogens (tertiary/aromatic N) is 6. The van der Waals surface area contributed by atoms with E-state index in [0.717, 1.165) is 11.1 Å². The number of carbonyl (C=O) groups excluding carboxylic acids is 1. The smallest absolute Gasteiger partial charge is 0.245 e. The molecule has 0 aliphatic carbocycles. The van der Waals surface area contributed by atoms with Crippen LogP contribution in [0.25, 0.3) is 0 Å². The highest BCUT2D eigenvalue weighted by Gasteiger charge is 2.40. The summed E-state index contributed by atoms with van der Waals surface area (Å²) < 4.78 is 30.1. The van der Waals surface area contributed by atoms with Gasteiger partial charge in [-0.3, -0.25) is 4.79 Å². The maximum Gasteiger partial charge on any atom is 0.245 e. The van der Waals surface area contributed by atoms with Crippen molar-refractivity contribution in [3.63, 3.8) is 0 Å². The maximum atomic E-state index is 13.6. The van der Waals surface area contributed by atoms with Gasteiger partial charge in [0.1, 0.15) is 6.17 Å². The molecule has 2 aromatic carbocycles. The van der Waals surface area contributed by atoms with E-state index in [1.165, 1.54) is 20.7 Å². The molecule has 0 N–H and O–H groups in total. The topological polar surface area (TPSA) is 101 Å². The van der Waals surface area contributed by atoms with Crippen molar-refractivity contribution in [2.75, 3.05) is 18.8 Å². The zero-order valence-corrected chi connectivity index (χ0v) is 19.5. The summed E-state index contributed by atoms with van der Waals surface area (Å²) in [5.41, 5.74) is 1.73. The fraction of sp³-hybridized carbons (Fsp3) is 0.333. The van der Waals surface area contributed by atoms with Crippen LogP contribution in [0.2, 0.25) is 0 Å². The predicted molar refractivity (Wildman–Crippen MR) is 120 cm³/mol. The lowest BCUT2D eigenvalue weighted by Gasteiger charge is -2.43. The minimum absolute atomic E-state index is 0.107. The van der Waals surface area contributed by atoms with Crippen molar-refractivity contribution < 1.29 is 13.2 Å². The molecule has 1 unspecified atom stereocenters. The second-order valence-corrected chi connectivity index (χ2v) is 10.4. The lowest BCUT2D eigenvalue weighted by Crippen LogP contribution is -2.52. The van der Waals surface area contributed by atoms with E-state index in [4.69, 9.17) is 0 Å². The molecule has 1 aliphatic heterocycles. The standard InChI is InChI=1S/C21H24N6O3S2/c1-16-9-11-18(12-10-16)32(29,30)27-14-6-13-26(20(27)17-7-4-3-5-8-17)19(28)15-31-21-22-23-24-25(21)2/h3-5,7-12,20H,6,13-15H2,1-2H3. The number of aryl methyl sites for hydroxylation is 2. The van der Waals surface area contributed by atoms with Crippen LogP contribution in [0.4, 0.5) is 0 Å². The van der Waals surface area contributed by atoms with E-state index in [2.05, 4.69) is 15.5 Å². The maximum absolute atomic E-state index is 13.6. The molecule has 1 amide bonds. The molecular weight excluding hydrogens is 448 g/mol. The first-order valence-corrected chi connectivity index (χ1v) is 12.6. The molecule has 0 saturated carbocycles. The van der Waals surface area contributed by atoms with Crippen molar-refractivity contribution in [2.45, 2.75) is 29.6 Å². The summed E-state index contributed by atoms with van der Waals surface area (Å²) in [5, 5.41) is 11.8. The summed E-state index contributed by atoms with van der Waals surface area (Å²) in [6.07, 6.45) is -0.168. The van der Waals surface area contributed by atoms with Crippen molar-refractivity contribution in [3.05, 3.63) is 65.7 Å². The Morgan fingerprint density at radius 1 is 1.09 bits per heavy atom. The highest BCUT2D eigenvalue weighted by molar-refractivity contribution is 7.99. The quantitative estimate of drug-likeness (QED) is 0.507. The molecule has 1 saturated heterocycles. The largest absolute Gasteiger partial charge is 0.321 e. The molecule has 168 valence electrons. The number of tetrazole rings is 1. The molecule has 9 nitrogen and oxygen atoms in total. The van der Waals surface area contributed by atoms with Crippen LogP contribution >= 0.6 is 11.8 Å². The number of hydrogen-bond donors (Lipinski definition) is 0. The zero-order chi connectivity index (χ0) is 22.7. The molecule has 1 aliphatic rings. The van der Waals surface area contributed by atoms with Crippen LogP contribution in [0, 0.1) is 6.92 Å². The fourth-order valence-corrected chi connectivity index (χ4v) is 6.03. The van der Waals surface area contributed by atoms with E-state index < -0.39 is 16.2 Å². The third-order valence-corrected chi connectivity index (χ3v) is 8.16. The first-order valence-electron chi connectivity index (χ1n) is 10.2. The van der Waals surface area contributed by atoms with Crippen molar-refractivity contribution in [3.8, 4) is 0 Å². The van der Waals surface area contributed by atoms with Gasteiger partial charge in [-0.1, -0.05) is 59.8 Å². The van der Waals surface area contributed by atoms with Crippen LogP contribution in [0.5, 0.6) is 0 Å². The Morgan fingerprint density at radius 2 is 1.81 bits per heavy atom. The molecule has 4 rings (SSSR count). The number of amides is 1. The van der Waals surface area contributed by atoms with Gasteiger partial charge >= 0.3 is 0 Å². The van der Waals surface area contributed by atoms with Gasteiger partial charge in [-0.05, 0) is 41.5 Å². The van der Waals surface area contributed by atoms with Crippen molar-refractivity contribution >= 4 is 27.7 Å². The van der Waals surface area contributed by atoms with Crippen molar-refractivity contribution in [2.24, 2.45) is 7.05 Å². The van der Waals surface area contributed by atoms with Crippen molar-refractivity contribution in [1.82, 2.24) is 29.4 Å². The Kier molecular flexibility index (Phi) is 6.58. The van der Waals surface area contributed by atoms with E-state index in [1.807, 2.05) is 37.3 Å². The Balaban J connectivity index is 1.66. The number of hydrogen-bond acceptors (Lipinski definition) is 7. The van der Waals surface area contributed by atoms with Crippen molar-refractivity contribution in [1.29, 1.82) is 0 Å². The number of benzene rings is 2. The highest BCUT2D eigenvalue weighted by Crippen LogP contribution is 2.35. The average molecular weight is 473 g/mol. The van der Waals surface area contributed by atoms with Gasteiger partial charge < -0.3 is 4.90 Å². The summed E-state index contributed by atoms with van der Waals surface area (Å²) in [6.45, 7) is 2.71. The van der Waals surface area contributed by atoms with Gasteiger partial charge in [0.25, 0.3) is 0 Å². The number of aromatic nitrogens is 4. The zero-order valence-electron chi connectivity index (χ0n) is 17.8. The lowest BCUT2D eigenvalue weighted by molar-refractivity contribution is -0.135. The molecule has 3 aromatic rings. The second-order valence-electron chi connectivity index (χ2n) is 7.53. The molecule has 1 aromatic heterocycles. The third kappa shape index (κ3) is 4.54. The Hall–Kier alpha value is -2.76. The first-order chi connectivity index (χ1) is 15.4. The normalized spacial score (nSPS) is 17.4. The van der Waals surface area contributed by atoms with E-state index in [9.17, 15) is 13.2 Å². The molecule has 0 spiro atoms. The SMILES string of the molecule is Cc1ccc(S(=O)(=O)N2CCCN(C(=O)CSc3nnnn3C)C2c2ccccc2)cc1. The molecule has 0 radical (unpaired) electrons. The van der Waals surface area contributed by atoms with Gasteiger partial charge in [-0.25, -0.2) is 13.1 Å².